The molecule has 2 aromatic rings. The molecule has 0 fully saturated rings. The molecule has 0 atom stereocenters. The van der Waals surface area contributed by atoms with E-state index in [0.717, 1.165) is 5.56 Å². The van der Waals surface area contributed by atoms with Crippen LogP contribution in [0.4, 0.5) is 11.5 Å². The number of nitrogens with one attached hydrogen (secondary N) is 1. The number of aromatic nitrogens is 1. The maximum absolute atomic E-state index is 12.0. The van der Waals surface area contributed by atoms with E-state index in [9.17, 15) is 4.79 Å². The lowest BCUT2D eigenvalue weighted by Crippen LogP contribution is -2.13. The predicted octanol–water partition coefficient (Wildman–Crippen LogP) is 2.88. The molecule has 1 aromatic heterocycles. The van der Waals surface area contributed by atoms with Gasteiger partial charge in [-0.25, -0.2) is 4.98 Å². The number of nitrogen functional groups attached to an aromatic ring is 1. The van der Waals surface area contributed by atoms with Gasteiger partial charge in [0.2, 0.25) is 0 Å². The van der Waals surface area contributed by atoms with Crippen LogP contribution in [0.1, 0.15) is 15.9 Å². The Morgan fingerprint density at radius 3 is 2.72 bits per heavy atom. The van der Waals surface area contributed by atoms with E-state index in [1.54, 1.807) is 30.3 Å². The molecule has 0 aliphatic carbocycles. The monoisotopic (exact) mass is 261 g/mol. The molecule has 0 spiro atoms. The molecule has 0 aliphatic heterocycles. The second-order valence-electron chi connectivity index (χ2n) is 3.95. The molecule has 18 heavy (non-hydrogen) atoms. The van der Waals surface area contributed by atoms with E-state index in [4.69, 9.17) is 17.3 Å². The first-order valence-corrected chi connectivity index (χ1v) is 5.72. The van der Waals surface area contributed by atoms with Crippen LogP contribution < -0.4 is 11.1 Å². The molecule has 1 heterocycles. The molecule has 0 unspecified atom stereocenters. The molecule has 5 heteroatoms. The molecule has 92 valence electrons. The summed E-state index contributed by atoms with van der Waals surface area (Å²) in [5.74, 6) is 0.199. The summed E-state index contributed by atoms with van der Waals surface area (Å²) in [5.41, 5.74) is 7.70. The number of carbonyl (C=O) groups is 1. The quantitative estimate of drug-likeness (QED) is 0.817. The third kappa shape index (κ3) is 2.99. The normalized spacial score (nSPS) is 10.1. The largest absolute Gasteiger partial charge is 0.399 e. The van der Waals surface area contributed by atoms with Gasteiger partial charge in [-0.1, -0.05) is 11.6 Å². The standard InChI is InChI=1S/C13H12ClN3O/c1-8-4-9(6-11(15)5-8)13(18)17-12-3-2-10(14)7-16-12/h2-7H,15H2,1H3,(H,16,17,18). The Balaban J connectivity index is 2.19. The number of carbonyl (C=O) groups excluding carboxylic acids is 1. The topological polar surface area (TPSA) is 68.0 Å². The molecule has 1 amide bonds. The number of halogens is 1. The van der Waals surface area contributed by atoms with Gasteiger partial charge >= 0.3 is 0 Å². The van der Waals surface area contributed by atoms with E-state index in [1.165, 1.54) is 6.20 Å². The molecule has 0 bridgehead atoms. The number of hydrogen-bond donors (Lipinski definition) is 2. The molecule has 0 aliphatic rings. The molecule has 0 saturated heterocycles. The van der Waals surface area contributed by atoms with Gasteiger partial charge in [0, 0.05) is 17.4 Å². The molecule has 0 saturated carbocycles. The smallest absolute Gasteiger partial charge is 0.256 e. The maximum Gasteiger partial charge on any atom is 0.256 e. The van der Waals surface area contributed by atoms with Gasteiger partial charge in [-0.3, -0.25) is 4.79 Å². The van der Waals surface area contributed by atoms with Crippen molar-refractivity contribution >= 4 is 29.0 Å². The maximum atomic E-state index is 12.0. The predicted molar refractivity (Wildman–Crippen MR) is 72.8 cm³/mol. The number of benzene rings is 1. The molecular weight excluding hydrogens is 250 g/mol. The van der Waals surface area contributed by atoms with Gasteiger partial charge in [0.1, 0.15) is 5.82 Å². The SMILES string of the molecule is Cc1cc(N)cc(C(=O)Nc2ccc(Cl)cn2)c1. The lowest BCUT2D eigenvalue weighted by Gasteiger charge is -2.06. The van der Waals surface area contributed by atoms with Gasteiger partial charge in [-0.15, -0.1) is 0 Å². The van der Waals surface area contributed by atoms with Gasteiger partial charge in [0.15, 0.2) is 0 Å². The summed E-state index contributed by atoms with van der Waals surface area (Å²) >= 11 is 5.72. The number of hydrogen-bond acceptors (Lipinski definition) is 3. The van der Waals surface area contributed by atoms with Crippen molar-refractivity contribution in [2.45, 2.75) is 6.92 Å². The molecule has 2 rings (SSSR count). The third-order valence-corrected chi connectivity index (χ3v) is 2.55. The van der Waals surface area contributed by atoms with Gasteiger partial charge in [0.05, 0.1) is 5.02 Å². The second kappa shape index (κ2) is 5.06. The first-order chi connectivity index (χ1) is 8.54. The van der Waals surface area contributed by atoms with Crippen molar-refractivity contribution in [2.24, 2.45) is 0 Å². The number of aryl methyl sites for hydroxylation is 1. The third-order valence-electron chi connectivity index (χ3n) is 2.33. The zero-order chi connectivity index (χ0) is 13.1. The number of rotatable bonds is 2. The lowest BCUT2D eigenvalue weighted by atomic mass is 10.1. The van der Waals surface area contributed by atoms with Crippen LogP contribution >= 0.6 is 11.6 Å². The average Bonchev–Trinajstić information content (AvgIpc) is 2.31. The highest BCUT2D eigenvalue weighted by Gasteiger charge is 2.07. The fourth-order valence-electron chi connectivity index (χ4n) is 1.58. The molecule has 4 nitrogen and oxygen atoms in total. The Morgan fingerprint density at radius 1 is 1.33 bits per heavy atom. The van der Waals surface area contributed by atoms with Gasteiger partial charge in [-0.2, -0.15) is 0 Å². The number of amides is 1. The van der Waals surface area contributed by atoms with Gasteiger partial charge in [0.25, 0.3) is 5.91 Å². The van der Waals surface area contributed by atoms with Gasteiger partial charge < -0.3 is 11.1 Å². The van der Waals surface area contributed by atoms with Crippen molar-refractivity contribution in [1.82, 2.24) is 4.98 Å². The minimum atomic E-state index is -0.250. The van der Waals surface area contributed by atoms with Crippen molar-refractivity contribution in [1.29, 1.82) is 0 Å². The highest BCUT2D eigenvalue weighted by atomic mass is 35.5. The van der Waals surface area contributed by atoms with E-state index in [-0.39, 0.29) is 5.91 Å². The van der Waals surface area contributed by atoms with Crippen LogP contribution in [0, 0.1) is 6.92 Å². The fraction of sp³-hybridized carbons (Fsp3) is 0.0769. The lowest BCUT2D eigenvalue weighted by molar-refractivity contribution is 0.102. The van der Waals surface area contributed by atoms with E-state index in [0.29, 0.717) is 22.1 Å². The number of anilines is 2. The summed E-state index contributed by atoms with van der Waals surface area (Å²) < 4.78 is 0. The number of nitrogens with two attached hydrogens (primary N) is 1. The van der Waals surface area contributed by atoms with E-state index >= 15 is 0 Å². The number of nitrogens with zero attached hydrogens (tertiary/aromatic N) is 1. The summed E-state index contributed by atoms with van der Waals surface area (Å²) in [6.45, 7) is 1.88. The highest BCUT2D eigenvalue weighted by molar-refractivity contribution is 6.30. The van der Waals surface area contributed by atoms with Crippen LogP contribution in [-0.2, 0) is 0 Å². The Bertz CT molecular complexity index is 561. The Labute approximate surface area is 110 Å². The Kier molecular flexibility index (Phi) is 3.48. The molecule has 3 N–H and O–H groups in total. The molecule has 0 radical (unpaired) electrons. The Hall–Kier alpha value is -2.07. The van der Waals surface area contributed by atoms with Crippen LogP contribution in [0.5, 0.6) is 0 Å². The zero-order valence-electron chi connectivity index (χ0n) is 9.77. The second-order valence-corrected chi connectivity index (χ2v) is 4.38. The van der Waals surface area contributed by atoms with Crippen molar-refractivity contribution < 1.29 is 4.79 Å². The minimum Gasteiger partial charge on any atom is -0.399 e. The summed E-state index contributed by atoms with van der Waals surface area (Å²) in [7, 11) is 0. The summed E-state index contributed by atoms with van der Waals surface area (Å²) in [4.78, 5) is 16.0. The van der Waals surface area contributed by atoms with Crippen molar-refractivity contribution in [3.63, 3.8) is 0 Å². The van der Waals surface area contributed by atoms with Crippen molar-refractivity contribution in [3.05, 3.63) is 52.7 Å². The molecular formula is C13H12ClN3O. The average molecular weight is 262 g/mol. The van der Waals surface area contributed by atoms with E-state index in [1.807, 2.05) is 6.92 Å². The Morgan fingerprint density at radius 2 is 2.11 bits per heavy atom. The van der Waals surface area contributed by atoms with E-state index < -0.39 is 0 Å². The van der Waals surface area contributed by atoms with Crippen LogP contribution in [0.15, 0.2) is 36.5 Å². The zero-order valence-corrected chi connectivity index (χ0v) is 10.5. The fourth-order valence-corrected chi connectivity index (χ4v) is 1.69. The first-order valence-electron chi connectivity index (χ1n) is 5.34. The van der Waals surface area contributed by atoms with Crippen LogP contribution in [-0.4, -0.2) is 10.9 Å². The minimum absolute atomic E-state index is 0.250. The first kappa shape index (κ1) is 12.4. The van der Waals surface area contributed by atoms with Crippen LogP contribution in [0.3, 0.4) is 0 Å². The van der Waals surface area contributed by atoms with Gasteiger partial charge in [-0.05, 0) is 42.8 Å². The molecule has 1 aromatic carbocycles. The summed E-state index contributed by atoms with van der Waals surface area (Å²) in [5, 5.41) is 3.20. The van der Waals surface area contributed by atoms with Crippen molar-refractivity contribution in [3.8, 4) is 0 Å². The number of pyridine rings is 1. The van der Waals surface area contributed by atoms with Crippen LogP contribution in [0.25, 0.3) is 0 Å². The van der Waals surface area contributed by atoms with E-state index in [2.05, 4.69) is 10.3 Å². The highest BCUT2D eigenvalue weighted by Crippen LogP contribution is 2.14. The van der Waals surface area contributed by atoms with Crippen molar-refractivity contribution in [2.75, 3.05) is 11.1 Å². The van der Waals surface area contributed by atoms with Crippen LogP contribution in [0.2, 0.25) is 5.02 Å². The summed E-state index contributed by atoms with van der Waals surface area (Å²) in [6.07, 6.45) is 1.47. The summed E-state index contributed by atoms with van der Waals surface area (Å²) in [6, 6.07) is 8.49.